The Labute approximate surface area is 205 Å². The number of amides is 2. The number of benzene rings is 2. The van der Waals surface area contributed by atoms with E-state index < -0.39 is 5.97 Å². The summed E-state index contributed by atoms with van der Waals surface area (Å²) in [4.78, 5) is 38.3. The van der Waals surface area contributed by atoms with Gasteiger partial charge in [0.05, 0.1) is 23.1 Å². The summed E-state index contributed by atoms with van der Waals surface area (Å²) < 4.78 is 16.3. The van der Waals surface area contributed by atoms with Crippen molar-refractivity contribution < 1.29 is 28.6 Å². The van der Waals surface area contributed by atoms with E-state index in [1.807, 2.05) is 37.3 Å². The number of hydrogen-bond acceptors (Lipinski definition) is 7. The minimum absolute atomic E-state index is 0.267. The molecule has 7 nitrogen and oxygen atoms in total. The highest BCUT2D eigenvalue weighted by molar-refractivity contribution is 9.10. The van der Waals surface area contributed by atoms with E-state index in [4.69, 9.17) is 9.47 Å². The molecule has 0 N–H and O–H groups in total. The maximum Gasteiger partial charge on any atom is 0.343 e. The van der Waals surface area contributed by atoms with Gasteiger partial charge in [0, 0.05) is 6.54 Å². The smallest absolute Gasteiger partial charge is 0.343 e. The number of ether oxygens (including phenoxy) is 3. The molecule has 9 heteroatoms. The molecule has 0 spiro atoms. The van der Waals surface area contributed by atoms with E-state index in [-0.39, 0.29) is 17.8 Å². The summed E-state index contributed by atoms with van der Waals surface area (Å²) in [5.74, 6) is -0.0648. The Morgan fingerprint density at radius 3 is 2.61 bits per heavy atom. The molecule has 0 bridgehead atoms. The number of imide groups is 1. The number of carbonyl (C=O) groups excluding carboxylic acids is 3. The SMILES string of the molecule is CCOc1cc(/C=C2/SC(=O)N(CCCc3ccccc3)C2=O)cc(Br)c1OCC(=O)OC. The van der Waals surface area contributed by atoms with E-state index in [2.05, 4.69) is 20.7 Å². The third kappa shape index (κ3) is 6.61. The fraction of sp³-hybridized carbons (Fsp3) is 0.292. The molecule has 3 rings (SSSR count). The molecule has 1 aliphatic heterocycles. The number of rotatable bonds is 10. The highest BCUT2D eigenvalue weighted by atomic mass is 79.9. The van der Waals surface area contributed by atoms with Crippen LogP contribution < -0.4 is 9.47 Å². The minimum atomic E-state index is -0.519. The van der Waals surface area contributed by atoms with Gasteiger partial charge in [-0.25, -0.2) is 4.79 Å². The van der Waals surface area contributed by atoms with Crippen molar-refractivity contribution in [2.45, 2.75) is 19.8 Å². The molecule has 2 aromatic rings. The van der Waals surface area contributed by atoms with Gasteiger partial charge in [0.15, 0.2) is 18.1 Å². The lowest BCUT2D eigenvalue weighted by molar-refractivity contribution is -0.143. The fourth-order valence-electron chi connectivity index (χ4n) is 3.19. The molecule has 0 atom stereocenters. The average Bonchev–Trinajstić information content (AvgIpc) is 3.06. The van der Waals surface area contributed by atoms with Crippen LogP contribution in [0.25, 0.3) is 6.08 Å². The number of methoxy groups -OCH3 is 1. The molecule has 0 aromatic heterocycles. The molecule has 2 aromatic carbocycles. The number of esters is 1. The Balaban J connectivity index is 1.73. The second-order valence-corrected chi connectivity index (χ2v) is 8.90. The molecule has 0 aliphatic carbocycles. The molecule has 0 unspecified atom stereocenters. The molecule has 0 saturated carbocycles. The van der Waals surface area contributed by atoms with Gasteiger partial charge in [0.2, 0.25) is 0 Å². The van der Waals surface area contributed by atoms with Crippen LogP contribution in [0.2, 0.25) is 0 Å². The van der Waals surface area contributed by atoms with Crippen molar-refractivity contribution in [3.63, 3.8) is 0 Å². The van der Waals surface area contributed by atoms with E-state index in [1.54, 1.807) is 18.2 Å². The first-order valence-corrected chi connectivity index (χ1v) is 12.0. The summed E-state index contributed by atoms with van der Waals surface area (Å²) in [6.45, 7) is 2.30. The third-order valence-electron chi connectivity index (χ3n) is 4.76. The van der Waals surface area contributed by atoms with E-state index in [0.717, 1.165) is 18.2 Å². The van der Waals surface area contributed by atoms with Gasteiger partial charge >= 0.3 is 5.97 Å². The number of thioether (sulfide) groups is 1. The van der Waals surface area contributed by atoms with Gasteiger partial charge in [-0.2, -0.15) is 0 Å². The standard InChI is InChI=1S/C24H24BrNO6S/c1-3-31-19-13-17(12-18(25)22(19)32-15-21(27)30-2)14-20-23(28)26(24(29)33-20)11-7-10-16-8-5-4-6-9-16/h4-6,8-9,12-14H,3,7,10-11,15H2,1-2H3/b20-14+. The molecule has 1 heterocycles. The number of nitrogens with zero attached hydrogens (tertiary/aromatic N) is 1. The van der Waals surface area contributed by atoms with Crippen molar-refractivity contribution in [2.75, 3.05) is 26.9 Å². The second kappa shape index (κ2) is 11.9. The molecule has 1 fully saturated rings. The van der Waals surface area contributed by atoms with Crippen LogP contribution in [-0.4, -0.2) is 48.9 Å². The van der Waals surface area contributed by atoms with E-state index in [1.165, 1.54) is 17.6 Å². The summed E-state index contributed by atoms with van der Waals surface area (Å²) in [5, 5.41) is -0.276. The number of halogens is 1. The van der Waals surface area contributed by atoms with Crippen LogP contribution in [0.5, 0.6) is 11.5 Å². The maximum absolute atomic E-state index is 12.8. The first-order chi connectivity index (χ1) is 15.9. The monoisotopic (exact) mass is 533 g/mol. The zero-order chi connectivity index (χ0) is 23.8. The van der Waals surface area contributed by atoms with Gasteiger partial charge in [-0.15, -0.1) is 0 Å². The Bertz CT molecular complexity index is 1060. The topological polar surface area (TPSA) is 82.1 Å². The van der Waals surface area contributed by atoms with Crippen LogP contribution in [0.1, 0.15) is 24.5 Å². The molecule has 2 amide bonds. The molecule has 0 radical (unpaired) electrons. The second-order valence-electron chi connectivity index (χ2n) is 7.05. The predicted octanol–water partition coefficient (Wildman–Crippen LogP) is 5.07. The van der Waals surface area contributed by atoms with Gasteiger partial charge in [-0.1, -0.05) is 30.3 Å². The van der Waals surface area contributed by atoms with Crippen LogP contribution in [0, 0.1) is 0 Å². The Kier molecular flexibility index (Phi) is 8.96. The number of hydrogen-bond donors (Lipinski definition) is 0. The molecular formula is C24H24BrNO6S. The maximum atomic E-state index is 12.8. The van der Waals surface area contributed by atoms with Crippen molar-refractivity contribution >= 4 is 50.9 Å². The van der Waals surface area contributed by atoms with Crippen LogP contribution in [0.15, 0.2) is 51.8 Å². The van der Waals surface area contributed by atoms with Crippen molar-refractivity contribution in [3.05, 3.63) is 63.0 Å². The van der Waals surface area contributed by atoms with Gasteiger partial charge in [-0.05, 0) is 76.8 Å². The first-order valence-electron chi connectivity index (χ1n) is 10.4. The van der Waals surface area contributed by atoms with Gasteiger partial charge in [-0.3, -0.25) is 14.5 Å². The van der Waals surface area contributed by atoms with Crippen molar-refractivity contribution in [3.8, 4) is 11.5 Å². The third-order valence-corrected chi connectivity index (χ3v) is 6.25. The van der Waals surface area contributed by atoms with Crippen molar-refractivity contribution in [1.29, 1.82) is 0 Å². The van der Waals surface area contributed by atoms with Crippen molar-refractivity contribution in [1.82, 2.24) is 4.90 Å². The Morgan fingerprint density at radius 1 is 1.15 bits per heavy atom. The summed E-state index contributed by atoms with van der Waals surface area (Å²) >= 11 is 4.35. The lowest BCUT2D eigenvalue weighted by atomic mass is 10.1. The minimum Gasteiger partial charge on any atom is -0.490 e. The van der Waals surface area contributed by atoms with E-state index in [0.29, 0.717) is 46.0 Å². The first kappa shape index (κ1) is 24.9. The Morgan fingerprint density at radius 2 is 1.91 bits per heavy atom. The predicted molar refractivity (Wildman–Crippen MR) is 130 cm³/mol. The zero-order valence-corrected chi connectivity index (χ0v) is 20.7. The largest absolute Gasteiger partial charge is 0.490 e. The van der Waals surface area contributed by atoms with Crippen molar-refractivity contribution in [2.24, 2.45) is 0 Å². The molecular weight excluding hydrogens is 510 g/mol. The van der Waals surface area contributed by atoms with Crippen LogP contribution in [0.3, 0.4) is 0 Å². The lowest BCUT2D eigenvalue weighted by Gasteiger charge is -2.14. The quantitative estimate of drug-likeness (QED) is 0.311. The van der Waals surface area contributed by atoms with Crippen LogP contribution in [-0.2, 0) is 20.7 Å². The number of aryl methyl sites for hydroxylation is 1. The average molecular weight is 534 g/mol. The molecule has 33 heavy (non-hydrogen) atoms. The summed E-state index contributed by atoms with van der Waals surface area (Å²) in [5.41, 5.74) is 1.83. The summed E-state index contributed by atoms with van der Waals surface area (Å²) in [6.07, 6.45) is 3.14. The van der Waals surface area contributed by atoms with Gasteiger partial charge in [0.1, 0.15) is 0 Å². The molecule has 174 valence electrons. The van der Waals surface area contributed by atoms with Crippen LogP contribution >= 0.6 is 27.7 Å². The summed E-state index contributed by atoms with van der Waals surface area (Å²) in [6, 6.07) is 13.4. The highest BCUT2D eigenvalue weighted by Crippen LogP contribution is 2.39. The molecule has 1 saturated heterocycles. The van der Waals surface area contributed by atoms with E-state index in [9.17, 15) is 14.4 Å². The number of carbonyl (C=O) groups is 3. The summed E-state index contributed by atoms with van der Waals surface area (Å²) in [7, 11) is 1.28. The fourth-order valence-corrected chi connectivity index (χ4v) is 4.63. The zero-order valence-electron chi connectivity index (χ0n) is 18.3. The van der Waals surface area contributed by atoms with Gasteiger partial charge < -0.3 is 14.2 Å². The van der Waals surface area contributed by atoms with Gasteiger partial charge in [0.25, 0.3) is 11.1 Å². The molecule has 1 aliphatic rings. The lowest BCUT2D eigenvalue weighted by Crippen LogP contribution is -2.29. The van der Waals surface area contributed by atoms with E-state index >= 15 is 0 Å². The normalized spacial score (nSPS) is 14.6. The highest BCUT2D eigenvalue weighted by Gasteiger charge is 2.34. The Hall–Kier alpha value is -2.78. The van der Waals surface area contributed by atoms with Crippen LogP contribution in [0.4, 0.5) is 4.79 Å².